The van der Waals surface area contributed by atoms with E-state index in [2.05, 4.69) is 0 Å². The van der Waals surface area contributed by atoms with Crippen molar-refractivity contribution >= 4 is 0 Å². The van der Waals surface area contributed by atoms with Crippen molar-refractivity contribution in [3.63, 3.8) is 0 Å². The number of hydrogen-bond donors (Lipinski definition) is 2. The van der Waals surface area contributed by atoms with Gasteiger partial charge in [-0.3, -0.25) is 0 Å². The van der Waals surface area contributed by atoms with Gasteiger partial charge in [0.2, 0.25) is 0 Å². The normalized spacial score (nSPS) is 14.2. The molecular weight excluding hydrogens is 424 g/mol. The van der Waals surface area contributed by atoms with Crippen molar-refractivity contribution in [1.29, 1.82) is 0 Å². The zero-order valence-electron chi connectivity index (χ0n) is 19.6. The third-order valence-corrected chi connectivity index (χ3v) is 5.62. The molecule has 4 nitrogen and oxygen atoms in total. The Morgan fingerprint density at radius 3 is 0.882 bits per heavy atom. The molecule has 2 N–H and O–H groups in total. The average Bonchev–Trinajstić information content (AvgIpc) is 2.92. The van der Waals surface area contributed by atoms with Crippen LogP contribution in [0.1, 0.15) is 46.7 Å². The number of benzene rings is 4. The topological polar surface area (TPSA) is 58.9 Å². The van der Waals surface area contributed by atoms with Crippen LogP contribution in [0.3, 0.4) is 0 Å². The van der Waals surface area contributed by atoms with Crippen LogP contribution < -0.4 is 0 Å². The Kier molecular flexibility index (Phi) is 10.0. The fraction of sp³-hybridized carbons (Fsp3) is 0.200. The van der Waals surface area contributed by atoms with Crippen molar-refractivity contribution in [2.24, 2.45) is 0 Å². The summed E-state index contributed by atoms with van der Waals surface area (Å²) in [4.78, 5) is 0. The lowest BCUT2D eigenvalue weighted by atomic mass is 9.98. The minimum Gasteiger partial charge on any atom is -0.385 e. The Bertz CT molecular complexity index is 967. The Balaban J connectivity index is 0.000000191. The molecule has 4 rings (SSSR count). The van der Waals surface area contributed by atoms with E-state index >= 15 is 0 Å². The predicted molar refractivity (Wildman–Crippen MR) is 135 cm³/mol. The maximum Gasteiger partial charge on any atom is 0.112 e. The van der Waals surface area contributed by atoms with Gasteiger partial charge < -0.3 is 19.7 Å². The third kappa shape index (κ3) is 6.86. The van der Waals surface area contributed by atoms with Gasteiger partial charge in [-0.05, 0) is 22.3 Å². The van der Waals surface area contributed by atoms with Gasteiger partial charge in [-0.25, -0.2) is 0 Å². The van der Waals surface area contributed by atoms with Gasteiger partial charge in [0, 0.05) is 14.2 Å². The lowest BCUT2D eigenvalue weighted by Gasteiger charge is -2.22. The molecule has 0 amide bonds. The lowest BCUT2D eigenvalue weighted by molar-refractivity contribution is -0.0149. The second kappa shape index (κ2) is 13.4. The van der Waals surface area contributed by atoms with Gasteiger partial charge in [0.05, 0.1) is 0 Å². The van der Waals surface area contributed by atoms with Crippen molar-refractivity contribution in [2.45, 2.75) is 24.4 Å². The summed E-state index contributed by atoms with van der Waals surface area (Å²) >= 11 is 0. The smallest absolute Gasteiger partial charge is 0.112 e. The van der Waals surface area contributed by atoms with Crippen molar-refractivity contribution in [2.75, 3.05) is 14.2 Å². The molecule has 0 radical (unpaired) electrons. The molecule has 0 saturated carbocycles. The third-order valence-electron chi connectivity index (χ3n) is 5.62. The fourth-order valence-corrected chi connectivity index (χ4v) is 3.83. The molecule has 4 aromatic rings. The summed E-state index contributed by atoms with van der Waals surface area (Å²) in [6.45, 7) is 0. The molecule has 0 spiro atoms. The summed E-state index contributed by atoms with van der Waals surface area (Å²) in [5.41, 5.74) is 3.68. The van der Waals surface area contributed by atoms with Crippen molar-refractivity contribution in [1.82, 2.24) is 0 Å². The van der Waals surface area contributed by atoms with E-state index in [-0.39, 0.29) is 12.2 Å². The lowest BCUT2D eigenvalue weighted by Crippen LogP contribution is -2.12. The molecule has 176 valence electrons. The maximum absolute atomic E-state index is 10.3. The second-order valence-corrected chi connectivity index (χ2v) is 7.85. The average molecular weight is 457 g/mol. The Morgan fingerprint density at radius 2 is 0.647 bits per heavy atom. The highest BCUT2D eigenvalue weighted by atomic mass is 16.5. The number of hydrogen-bond acceptors (Lipinski definition) is 4. The summed E-state index contributed by atoms with van der Waals surface area (Å²) in [5.74, 6) is 0. The first-order valence-electron chi connectivity index (χ1n) is 11.3. The van der Waals surface area contributed by atoms with E-state index in [1.165, 1.54) is 0 Å². The number of methoxy groups -OCH3 is 2. The molecule has 0 aliphatic heterocycles. The Labute approximate surface area is 202 Å². The molecule has 0 heterocycles. The summed E-state index contributed by atoms with van der Waals surface area (Å²) in [5, 5.41) is 20.6. The van der Waals surface area contributed by atoms with Crippen LogP contribution in [0.4, 0.5) is 0 Å². The minimum atomic E-state index is -0.649. The SMILES string of the molecule is CO[C@@H](c1ccccc1)[C@@H](O)c1ccccc1.CO[C@@H](c1ccccc1)[C@H](O)c1ccccc1. The summed E-state index contributed by atoms with van der Waals surface area (Å²) in [7, 11) is 3.23. The molecule has 34 heavy (non-hydrogen) atoms. The standard InChI is InChI=1S/2C15H16O2/c2*1-17-15(13-10-6-3-7-11-13)14(16)12-8-4-2-5-9-12/h2*2-11,14-16H,1H3/t14-,15+;14-,15-/m10/s1. The number of aliphatic hydroxyl groups excluding tert-OH is 2. The summed E-state index contributed by atoms with van der Waals surface area (Å²) in [6.07, 6.45) is -1.97. The first-order valence-corrected chi connectivity index (χ1v) is 11.3. The number of rotatable bonds is 8. The van der Waals surface area contributed by atoms with Gasteiger partial charge in [0.1, 0.15) is 24.4 Å². The van der Waals surface area contributed by atoms with Gasteiger partial charge in [0.15, 0.2) is 0 Å². The molecule has 0 aromatic heterocycles. The van der Waals surface area contributed by atoms with Crippen molar-refractivity contribution in [3.8, 4) is 0 Å². The van der Waals surface area contributed by atoms with Gasteiger partial charge in [-0.15, -0.1) is 0 Å². The molecule has 4 aromatic carbocycles. The van der Waals surface area contributed by atoms with E-state index in [1.54, 1.807) is 14.2 Å². The molecular formula is C30H32O4. The van der Waals surface area contributed by atoms with E-state index in [4.69, 9.17) is 9.47 Å². The quantitative estimate of drug-likeness (QED) is 0.331. The number of ether oxygens (including phenoxy) is 2. The monoisotopic (exact) mass is 456 g/mol. The van der Waals surface area contributed by atoms with E-state index in [0.717, 1.165) is 22.3 Å². The Hall–Kier alpha value is -3.28. The van der Waals surface area contributed by atoms with E-state index in [0.29, 0.717) is 0 Å². The van der Waals surface area contributed by atoms with E-state index < -0.39 is 12.2 Å². The molecule has 0 saturated heterocycles. The summed E-state index contributed by atoms with van der Waals surface area (Å²) in [6, 6.07) is 38.6. The van der Waals surface area contributed by atoms with Gasteiger partial charge >= 0.3 is 0 Å². The maximum atomic E-state index is 10.3. The highest BCUT2D eigenvalue weighted by molar-refractivity contribution is 5.26. The molecule has 0 aliphatic carbocycles. The van der Waals surface area contributed by atoms with Crippen molar-refractivity contribution < 1.29 is 19.7 Å². The zero-order chi connectivity index (χ0) is 24.2. The highest BCUT2D eigenvalue weighted by Gasteiger charge is 2.22. The summed E-state index contributed by atoms with van der Waals surface area (Å²) < 4.78 is 10.8. The highest BCUT2D eigenvalue weighted by Crippen LogP contribution is 2.32. The molecule has 0 bridgehead atoms. The van der Waals surface area contributed by atoms with Crippen molar-refractivity contribution in [3.05, 3.63) is 144 Å². The molecule has 0 unspecified atom stereocenters. The molecule has 0 fully saturated rings. The van der Waals surface area contributed by atoms with Gasteiger partial charge in [-0.1, -0.05) is 121 Å². The van der Waals surface area contributed by atoms with Crippen LogP contribution in [-0.4, -0.2) is 24.4 Å². The first-order chi connectivity index (χ1) is 16.7. The Morgan fingerprint density at radius 1 is 0.412 bits per heavy atom. The van der Waals surface area contributed by atoms with Crippen LogP contribution in [0.15, 0.2) is 121 Å². The second-order valence-electron chi connectivity index (χ2n) is 7.85. The van der Waals surface area contributed by atoms with Crippen LogP contribution in [0.25, 0.3) is 0 Å². The largest absolute Gasteiger partial charge is 0.385 e. The van der Waals surface area contributed by atoms with E-state index in [9.17, 15) is 10.2 Å². The number of aliphatic hydroxyl groups is 2. The van der Waals surface area contributed by atoms with Crippen LogP contribution in [0.5, 0.6) is 0 Å². The first kappa shape index (κ1) is 25.3. The van der Waals surface area contributed by atoms with Crippen LogP contribution in [-0.2, 0) is 9.47 Å². The predicted octanol–water partition coefficient (Wildman–Crippen LogP) is 6.22. The molecule has 4 heteroatoms. The fourth-order valence-electron chi connectivity index (χ4n) is 3.83. The van der Waals surface area contributed by atoms with Crippen LogP contribution >= 0.6 is 0 Å². The van der Waals surface area contributed by atoms with Gasteiger partial charge in [-0.2, -0.15) is 0 Å². The van der Waals surface area contributed by atoms with E-state index in [1.807, 2.05) is 121 Å². The van der Waals surface area contributed by atoms with Crippen LogP contribution in [0.2, 0.25) is 0 Å². The zero-order valence-corrected chi connectivity index (χ0v) is 19.6. The minimum absolute atomic E-state index is 0.335. The van der Waals surface area contributed by atoms with Gasteiger partial charge in [0.25, 0.3) is 0 Å². The van der Waals surface area contributed by atoms with Crippen LogP contribution in [0, 0.1) is 0 Å². The molecule has 0 aliphatic rings. The molecule has 4 atom stereocenters.